The van der Waals surface area contributed by atoms with Crippen LogP contribution in [0.15, 0.2) is 30.9 Å². The van der Waals surface area contributed by atoms with Gasteiger partial charge in [0, 0.05) is 12.2 Å². The second kappa shape index (κ2) is 5.35. The summed E-state index contributed by atoms with van der Waals surface area (Å²) in [4.78, 5) is 4.02. The van der Waals surface area contributed by atoms with Crippen molar-refractivity contribution >= 4 is 32.9 Å². The van der Waals surface area contributed by atoms with Crippen molar-refractivity contribution in [1.29, 1.82) is 0 Å². The van der Waals surface area contributed by atoms with Crippen molar-refractivity contribution in [3.8, 4) is 0 Å². The minimum absolute atomic E-state index is 0.0729. The monoisotopic (exact) mass is 336 g/mol. The maximum atomic E-state index is 12.1. The molecule has 0 aliphatic carbocycles. The van der Waals surface area contributed by atoms with Gasteiger partial charge in [-0.05, 0) is 49.3 Å². The van der Waals surface area contributed by atoms with E-state index in [-0.39, 0.29) is 23.6 Å². The largest absolute Gasteiger partial charge is 0.339 e. The summed E-state index contributed by atoms with van der Waals surface area (Å²) in [5.41, 5.74) is 3.29. The molecule has 0 radical (unpaired) electrons. The van der Waals surface area contributed by atoms with E-state index in [0.717, 1.165) is 16.8 Å². The van der Waals surface area contributed by atoms with E-state index in [1.807, 2.05) is 23.6 Å². The van der Waals surface area contributed by atoms with Gasteiger partial charge in [0.15, 0.2) is 14.9 Å². The van der Waals surface area contributed by atoms with Gasteiger partial charge in [-0.3, -0.25) is 0 Å². The fourth-order valence-electron chi connectivity index (χ4n) is 3.52. The van der Waals surface area contributed by atoms with Gasteiger partial charge in [-0.25, -0.2) is 8.42 Å². The highest BCUT2D eigenvalue weighted by Gasteiger charge is 2.51. The third kappa shape index (κ3) is 2.54. The van der Waals surface area contributed by atoms with Gasteiger partial charge in [0.2, 0.25) is 0 Å². The molecule has 2 atom stereocenters. The van der Waals surface area contributed by atoms with Gasteiger partial charge in [-0.2, -0.15) is 0 Å². The molecule has 2 aliphatic rings. The second-order valence-electron chi connectivity index (χ2n) is 6.15. The Kier molecular flexibility index (Phi) is 3.77. The van der Waals surface area contributed by atoms with Crippen LogP contribution in [0, 0.1) is 13.8 Å². The van der Waals surface area contributed by atoms with Gasteiger partial charge >= 0.3 is 0 Å². The molecule has 6 heteroatoms. The number of aryl methyl sites for hydroxylation is 2. The molecule has 118 valence electrons. The van der Waals surface area contributed by atoms with Crippen molar-refractivity contribution in [2.75, 3.05) is 23.0 Å². The van der Waals surface area contributed by atoms with Crippen molar-refractivity contribution in [3.63, 3.8) is 0 Å². The van der Waals surface area contributed by atoms with E-state index >= 15 is 0 Å². The fraction of sp³-hybridized carbons (Fsp3) is 0.438. The first-order chi connectivity index (χ1) is 10.3. The lowest BCUT2D eigenvalue weighted by Gasteiger charge is -2.25. The minimum atomic E-state index is -3.02. The van der Waals surface area contributed by atoms with Gasteiger partial charge < -0.3 is 9.80 Å². The van der Waals surface area contributed by atoms with Crippen molar-refractivity contribution in [2.24, 2.45) is 0 Å². The lowest BCUT2D eigenvalue weighted by atomic mass is 10.1. The molecule has 0 spiro atoms. The molecule has 3 rings (SSSR count). The third-order valence-corrected chi connectivity index (χ3v) is 6.42. The Morgan fingerprint density at radius 2 is 1.82 bits per heavy atom. The van der Waals surface area contributed by atoms with E-state index in [1.54, 1.807) is 6.08 Å². The first kappa shape index (κ1) is 15.5. The van der Waals surface area contributed by atoms with Gasteiger partial charge in [-0.15, -0.1) is 6.58 Å². The van der Waals surface area contributed by atoms with Crippen LogP contribution >= 0.6 is 12.2 Å². The zero-order valence-corrected chi connectivity index (χ0v) is 14.5. The van der Waals surface area contributed by atoms with E-state index in [2.05, 4.69) is 24.8 Å². The Balaban J connectivity index is 2.06. The summed E-state index contributed by atoms with van der Waals surface area (Å²) in [5, 5.41) is 0.704. The zero-order valence-electron chi connectivity index (χ0n) is 12.8. The zero-order chi connectivity index (χ0) is 16.1. The number of benzene rings is 1. The Morgan fingerprint density at radius 1 is 1.23 bits per heavy atom. The topological polar surface area (TPSA) is 40.6 Å². The van der Waals surface area contributed by atoms with Gasteiger partial charge in [-0.1, -0.05) is 12.1 Å². The molecule has 2 fully saturated rings. The van der Waals surface area contributed by atoms with Crippen LogP contribution in [0.3, 0.4) is 0 Å². The number of fused-ring (bicyclic) bond motifs is 1. The predicted molar refractivity (Wildman–Crippen MR) is 94.1 cm³/mol. The lowest BCUT2D eigenvalue weighted by molar-refractivity contribution is 0.389. The Hall–Kier alpha value is -1.40. The molecule has 0 bridgehead atoms. The maximum Gasteiger partial charge on any atom is 0.177 e. The summed E-state index contributed by atoms with van der Waals surface area (Å²) >= 11 is 5.63. The third-order valence-electron chi connectivity index (χ3n) is 4.29. The highest BCUT2D eigenvalue weighted by Crippen LogP contribution is 2.35. The van der Waals surface area contributed by atoms with Gasteiger partial charge in [0.1, 0.15) is 0 Å². The summed E-state index contributed by atoms with van der Waals surface area (Å²) in [5.74, 6) is 0.339. The molecule has 1 aromatic carbocycles. The SMILES string of the molecule is C=CCN1C(=S)N(c2cc(C)cc(C)c2)[C@@H]2CS(=O)(=O)C[C@@H]21. The first-order valence-electron chi connectivity index (χ1n) is 7.32. The van der Waals surface area contributed by atoms with Gasteiger partial charge in [0.05, 0.1) is 23.6 Å². The normalized spacial score (nSPS) is 26.4. The molecule has 2 saturated heterocycles. The van der Waals surface area contributed by atoms with Crippen LogP contribution in [0.4, 0.5) is 5.69 Å². The molecule has 0 saturated carbocycles. The Labute approximate surface area is 137 Å². The molecular formula is C16H20N2O2S2. The maximum absolute atomic E-state index is 12.1. The van der Waals surface area contributed by atoms with E-state index in [4.69, 9.17) is 12.2 Å². The number of nitrogens with zero attached hydrogens (tertiary/aromatic N) is 2. The Bertz CT molecular complexity index is 722. The standard InChI is InChI=1S/C16H20N2O2S2/c1-4-5-17-14-9-22(19,20)10-15(14)18(16(17)21)13-7-11(2)6-12(3)8-13/h4,6-8,14-15H,1,5,9-10H2,2-3H3/t14-,15+/m0/s1. The number of sulfone groups is 1. The molecule has 0 aromatic heterocycles. The molecule has 0 amide bonds. The molecule has 4 nitrogen and oxygen atoms in total. The summed E-state index contributed by atoms with van der Waals surface area (Å²) in [6, 6.07) is 6.07. The van der Waals surface area contributed by atoms with Crippen LogP contribution in [-0.4, -0.2) is 48.6 Å². The van der Waals surface area contributed by atoms with Gasteiger partial charge in [0.25, 0.3) is 0 Å². The van der Waals surface area contributed by atoms with Crippen molar-refractivity contribution in [3.05, 3.63) is 42.0 Å². The van der Waals surface area contributed by atoms with E-state index in [9.17, 15) is 8.42 Å². The van der Waals surface area contributed by atoms with Crippen LogP contribution in [0.2, 0.25) is 0 Å². The molecule has 2 aliphatic heterocycles. The quantitative estimate of drug-likeness (QED) is 0.624. The molecular weight excluding hydrogens is 316 g/mol. The second-order valence-corrected chi connectivity index (χ2v) is 8.67. The average Bonchev–Trinajstić information content (AvgIpc) is 2.81. The highest BCUT2D eigenvalue weighted by molar-refractivity contribution is 7.91. The smallest absolute Gasteiger partial charge is 0.177 e. The van der Waals surface area contributed by atoms with Crippen molar-refractivity contribution < 1.29 is 8.42 Å². The molecule has 1 aromatic rings. The summed E-state index contributed by atoms with van der Waals surface area (Å²) < 4.78 is 24.2. The average molecular weight is 336 g/mol. The lowest BCUT2D eigenvalue weighted by Crippen LogP contribution is -2.37. The van der Waals surface area contributed by atoms with Crippen molar-refractivity contribution in [1.82, 2.24) is 4.90 Å². The molecule has 0 N–H and O–H groups in total. The van der Waals surface area contributed by atoms with Crippen LogP contribution < -0.4 is 4.90 Å². The molecule has 22 heavy (non-hydrogen) atoms. The van der Waals surface area contributed by atoms with E-state index in [0.29, 0.717) is 11.7 Å². The number of hydrogen-bond acceptors (Lipinski definition) is 3. The number of hydrogen-bond donors (Lipinski definition) is 0. The summed E-state index contributed by atoms with van der Waals surface area (Å²) in [6.07, 6.45) is 1.78. The van der Waals surface area contributed by atoms with Crippen LogP contribution in [0.5, 0.6) is 0 Å². The van der Waals surface area contributed by atoms with E-state index < -0.39 is 9.84 Å². The summed E-state index contributed by atoms with van der Waals surface area (Å²) in [7, 11) is -3.02. The molecule has 0 unspecified atom stereocenters. The van der Waals surface area contributed by atoms with Crippen LogP contribution in [0.25, 0.3) is 0 Å². The van der Waals surface area contributed by atoms with Crippen LogP contribution in [-0.2, 0) is 9.84 Å². The first-order valence-corrected chi connectivity index (χ1v) is 9.55. The number of anilines is 1. The minimum Gasteiger partial charge on any atom is -0.339 e. The number of thiocarbonyl (C=S) groups is 1. The number of rotatable bonds is 3. The summed E-state index contributed by atoms with van der Waals surface area (Å²) in [6.45, 7) is 8.43. The van der Waals surface area contributed by atoms with E-state index in [1.165, 1.54) is 0 Å². The van der Waals surface area contributed by atoms with Crippen LogP contribution in [0.1, 0.15) is 11.1 Å². The molecule has 2 heterocycles. The predicted octanol–water partition coefficient (Wildman–Crippen LogP) is 2.06. The highest BCUT2D eigenvalue weighted by atomic mass is 32.2. The van der Waals surface area contributed by atoms with Crippen molar-refractivity contribution in [2.45, 2.75) is 25.9 Å². The Morgan fingerprint density at radius 3 is 2.41 bits per heavy atom. The fourth-order valence-corrected chi connectivity index (χ4v) is 5.92.